The molecule has 39 heavy (non-hydrogen) atoms. The van der Waals surface area contributed by atoms with Gasteiger partial charge in [-0.3, -0.25) is 19.8 Å². The van der Waals surface area contributed by atoms with Gasteiger partial charge in [0.15, 0.2) is 6.29 Å². The lowest BCUT2D eigenvalue weighted by atomic mass is 10.0. The lowest BCUT2D eigenvalue weighted by molar-refractivity contribution is -0.121. The summed E-state index contributed by atoms with van der Waals surface area (Å²) in [5, 5.41) is 18.1. The average Bonchev–Trinajstić information content (AvgIpc) is 3.48. The molecular weight excluding hydrogens is 502 g/mol. The topological polar surface area (TPSA) is 159 Å². The number of aryl methyl sites for hydroxylation is 1. The number of aldehydes is 1. The molecule has 0 bridgehead atoms. The lowest BCUT2D eigenvalue weighted by Gasteiger charge is -2.29. The second-order valence-corrected chi connectivity index (χ2v) is 9.42. The van der Waals surface area contributed by atoms with Crippen LogP contribution in [-0.2, 0) is 27.2 Å². The molecule has 0 saturated carbocycles. The Morgan fingerprint density at radius 1 is 1.33 bits per heavy atom. The molecule has 4 rings (SSSR count). The van der Waals surface area contributed by atoms with E-state index in [9.17, 15) is 19.6 Å². The van der Waals surface area contributed by atoms with Crippen molar-refractivity contribution < 1.29 is 23.9 Å². The first kappa shape index (κ1) is 27.9. The van der Waals surface area contributed by atoms with Crippen LogP contribution in [0.25, 0.3) is 0 Å². The predicted molar refractivity (Wildman–Crippen MR) is 144 cm³/mol. The van der Waals surface area contributed by atoms with Gasteiger partial charge in [0.05, 0.1) is 24.0 Å². The van der Waals surface area contributed by atoms with Crippen molar-refractivity contribution in [3.8, 4) is 6.07 Å². The number of nitrogens with one attached hydrogen (secondary N) is 3. The standard InChI is InChI=1S/C27H33N7O5/c1-38-11-8-29-22-13-24(30-16-20(22)14-28)33-27(37)34-9-2-4-18-12-19(23(17-35)32-26(18)34)15-31-25(36)7-6-21-5-3-10-39-21/h12-13,16-17,21H,2-11,15H2,1H3,(H,31,36)(H2,29,30,33,37)/t21-/m1/s1. The highest BCUT2D eigenvalue weighted by Crippen LogP contribution is 2.28. The minimum absolute atomic E-state index is 0.105. The number of ether oxygens (including phenoxy) is 2. The Labute approximate surface area is 227 Å². The van der Waals surface area contributed by atoms with Gasteiger partial charge in [-0.25, -0.2) is 14.8 Å². The summed E-state index contributed by atoms with van der Waals surface area (Å²) in [5.74, 6) is 0.567. The number of methoxy groups -OCH3 is 1. The molecule has 4 heterocycles. The summed E-state index contributed by atoms with van der Waals surface area (Å²) in [5.41, 5.74) is 2.48. The van der Waals surface area contributed by atoms with Gasteiger partial charge in [-0.2, -0.15) is 5.26 Å². The van der Waals surface area contributed by atoms with Crippen LogP contribution in [0.15, 0.2) is 18.3 Å². The Balaban J connectivity index is 1.43. The largest absolute Gasteiger partial charge is 0.383 e. The Hall–Kier alpha value is -4.08. The van der Waals surface area contributed by atoms with Gasteiger partial charge in [-0.15, -0.1) is 0 Å². The minimum atomic E-state index is -0.449. The van der Waals surface area contributed by atoms with Crippen molar-refractivity contribution in [2.45, 2.75) is 51.2 Å². The van der Waals surface area contributed by atoms with Gasteiger partial charge >= 0.3 is 6.03 Å². The van der Waals surface area contributed by atoms with Gasteiger partial charge < -0.3 is 20.1 Å². The first-order valence-corrected chi connectivity index (χ1v) is 13.1. The number of aromatic nitrogens is 2. The van der Waals surface area contributed by atoms with E-state index in [1.807, 2.05) is 6.07 Å². The maximum atomic E-state index is 13.2. The first-order chi connectivity index (χ1) is 19.0. The van der Waals surface area contributed by atoms with Crippen LogP contribution >= 0.6 is 0 Å². The number of rotatable bonds is 11. The van der Waals surface area contributed by atoms with Crippen LogP contribution in [0, 0.1) is 11.3 Å². The summed E-state index contributed by atoms with van der Waals surface area (Å²) < 4.78 is 10.6. The van der Waals surface area contributed by atoms with Crippen molar-refractivity contribution in [2.24, 2.45) is 0 Å². The average molecular weight is 536 g/mol. The fourth-order valence-corrected chi connectivity index (χ4v) is 4.67. The van der Waals surface area contributed by atoms with E-state index in [-0.39, 0.29) is 30.1 Å². The number of amides is 3. The van der Waals surface area contributed by atoms with E-state index in [1.54, 1.807) is 13.2 Å². The molecule has 2 aliphatic heterocycles. The molecule has 3 amide bonds. The highest BCUT2D eigenvalue weighted by Gasteiger charge is 2.26. The number of carbonyl (C=O) groups is 3. The van der Waals surface area contributed by atoms with E-state index in [0.717, 1.165) is 25.0 Å². The Bertz CT molecular complexity index is 1240. The number of carbonyl (C=O) groups excluding carboxylic acids is 3. The first-order valence-electron chi connectivity index (χ1n) is 13.1. The molecule has 2 aromatic rings. The van der Waals surface area contributed by atoms with Crippen LogP contribution in [0.2, 0.25) is 0 Å². The van der Waals surface area contributed by atoms with E-state index < -0.39 is 6.03 Å². The molecule has 2 aliphatic rings. The zero-order valence-corrected chi connectivity index (χ0v) is 22.0. The highest BCUT2D eigenvalue weighted by atomic mass is 16.5. The van der Waals surface area contributed by atoms with Crippen LogP contribution in [0.4, 0.5) is 22.1 Å². The van der Waals surface area contributed by atoms with Gasteiger partial charge in [0.2, 0.25) is 5.91 Å². The lowest BCUT2D eigenvalue weighted by Crippen LogP contribution is -2.40. The van der Waals surface area contributed by atoms with E-state index in [1.165, 1.54) is 11.1 Å². The quantitative estimate of drug-likeness (QED) is 0.290. The van der Waals surface area contributed by atoms with Crippen molar-refractivity contribution in [3.63, 3.8) is 0 Å². The Morgan fingerprint density at radius 3 is 2.95 bits per heavy atom. The molecule has 12 heteroatoms. The van der Waals surface area contributed by atoms with Gasteiger partial charge in [0.25, 0.3) is 0 Å². The van der Waals surface area contributed by atoms with Crippen LogP contribution in [0.3, 0.4) is 0 Å². The molecule has 2 aromatic heterocycles. The molecule has 0 spiro atoms. The zero-order chi connectivity index (χ0) is 27.6. The summed E-state index contributed by atoms with van der Waals surface area (Å²) in [6.07, 6.45) is 6.61. The molecular formula is C27H33N7O5. The third-order valence-electron chi connectivity index (χ3n) is 6.71. The van der Waals surface area contributed by atoms with E-state index in [0.29, 0.717) is 74.3 Å². The molecule has 1 fully saturated rings. The normalized spacial score (nSPS) is 16.2. The monoisotopic (exact) mass is 535 g/mol. The van der Waals surface area contributed by atoms with Crippen LogP contribution in [0.5, 0.6) is 0 Å². The fraction of sp³-hybridized carbons (Fsp3) is 0.481. The second-order valence-electron chi connectivity index (χ2n) is 9.42. The third-order valence-corrected chi connectivity index (χ3v) is 6.71. The van der Waals surface area contributed by atoms with Crippen LogP contribution < -0.4 is 20.9 Å². The van der Waals surface area contributed by atoms with Crippen LogP contribution in [-0.4, -0.2) is 67.7 Å². The summed E-state index contributed by atoms with van der Waals surface area (Å²) in [6.45, 7) is 2.28. The van der Waals surface area contributed by atoms with Gasteiger partial charge in [-0.05, 0) is 43.7 Å². The molecule has 12 nitrogen and oxygen atoms in total. The number of hydrogen-bond donors (Lipinski definition) is 3. The molecule has 3 N–H and O–H groups in total. The highest BCUT2D eigenvalue weighted by molar-refractivity contribution is 6.01. The van der Waals surface area contributed by atoms with Crippen molar-refractivity contribution in [1.29, 1.82) is 5.26 Å². The van der Waals surface area contributed by atoms with Crippen molar-refractivity contribution in [1.82, 2.24) is 15.3 Å². The molecule has 206 valence electrons. The molecule has 1 atom stereocenters. The summed E-state index contributed by atoms with van der Waals surface area (Å²) in [6, 6.07) is 5.05. The maximum Gasteiger partial charge on any atom is 0.328 e. The summed E-state index contributed by atoms with van der Waals surface area (Å²) in [7, 11) is 1.58. The number of urea groups is 1. The van der Waals surface area contributed by atoms with Crippen molar-refractivity contribution in [3.05, 3.63) is 40.7 Å². The summed E-state index contributed by atoms with van der Waals surface area (Å²) >= 11 is 0. The van der Waals surface area contributed by atoms with Crippen LogP contribution in [0.1, 0.15) is 59.3 Å². The Morgan fingerprint density at radius 2 is 2.21 bits per heavy atom. The number of pyridine rings is 2. The minimum Gasteiger partial charge on any atom is -0.383 e. The maximum absolute atomic E-state index is 13.2. The number of nitriles is 1. The third kappa shape index (κ3) is 7.28. The second kappa shape index (κ2) is 13.6. The number of hydrogen-bond acceptors (Lipinski definition) is 9. The molecule has 0 radical (unpaired) electrons. The predicted octanol–water partition coefficient (Wildman–Crippen LogP) is 2.78. The molecule has 0 unspecified atom stereocenters. The molecule has 0 aromatic carbocycles. The van der Waals surface area contributed by atoms with E-state index in [4.69, 9.17) is 9.47 Å². The van der Waals surface area contributed by atoms with Crippen molar-refractivity contribution in [2.75, 3.05) is 48.9 Å². The zero-order valence-electron chi connectivity index (χ0n) is 22.0. The van der Waals surface area contributed by atoms with E-state index >= 15 is 0 Å². The summed E-state index contributed by atoms with van der Waals surface area (Å²) in [4.78, 5) is 47.6. The van der Waals surface area contributed by atoms with Gasteiger partial charge in [0.1, 0.15) is 23.4 Å². The van der Waals surface area contributed by atoms with Gasteiger partial charge in [0, 0.05) is 57.6 Å². The SMILES string of the molecule is COCCNc1cc(NC(=O)N2CCCc3cc(CNC(=O)CC[C@H]4CCCO4)c(C=O)nc32)ncc1C#N. The molecule has 1 saturated heterocycles. The van der Waals surface area contributed by atoms with Crippen molar-refractivity contribution >= 4 is 35.5 Å². The fourth-order valence-electron chi connectivity index (χ4n) is 4.67. The number of nitrogens with zero attached hydrogens (tertiary/aromatic N) is 4. The Kier molecular flexibility index (Phi) is 9.77. The smallest absolute Gasteiger partial charge is 0.328 e. The van der Waals surface area contributed by atoms with Gasteiger partial charge in [-0.1, -0.05) is 0 Å². The van der Waals surface area contributed by atoms with E-state index in [2.05, 4.69) is 32.0 Å². The number of fused-ring (bicyclic) bond motifs is 1. The molecule has 0 aliphatic carbocycles. The number of anilines is 3.